The van der Waals surface area contributed by atoms with Gasteiger partial charge in [-0.15, -0.1) is 0 Å². The summed E-state index contributed by atoms with van der Waals surface area (Å²) in [4.78, 5) is 19.6. The average Bonchev–Trinajstić information content (AvgIpc) is 3.37. The molecule has 1 aliphatic carbocycles. The molecule has 0 spiro atoms. The number of hydrogen-bond donors (Lipinski definition) is 1. The molecule has 2 fully saturated rings. The third-order valence-corrected chi connectivity index (χ3v) is 7.96. The number of rotatable bonds is 8. The van der Waals surface area contributed by atoms with E-state index < -0.39 is 0 Å². The number of benzene rings is 2. The van der Waals surface area contributed by atoms with Gasteiger partial charge in [0.15, 0.2) is 0 Å². The van der Waals surface area contributed by atoms with Crippen LogP contribution >= 0.6 is 11.6 Å². The number of nitrogens with one attached hydrogen (secondary N) is 1. The van der Waals surface area contributed by atoms with E-state index in [1.807, 2.05) is 24.3 Å². The topological polar surface area (TPSA) is 80.5 Å². The fourth-order valence-electron chi connectivity index (χ4n) is 5.45. The molecular weight excluding hydrogens is 507 g/mol. The van der Waals surface area contributed by atoms with E-state index in [0.29, 0.717) is 34.0 Å². The van der Waals surface area contributed by atoms with Crippen molar-refractivity contribution in [2.75, 3.05) is 19.6 Å². The highest BCUT2D eigenvalue weighted by atomic mass is 35.5. The molecule has 2 aliphatic rings. The number of halogens is 2. The Morgan fingerprint density at radius 1 is 1.13 bits per heavy atom. The fraction of sp³-hybridized carbons (Fsp3) is 0.483. The predicted molar refractivity (Wildman–Crippen MR) is 144 cm³/mol. The molecule has 7 nitrogen and oxygen atoms in total. The van der Waals surface area contributed by atoms with E-state index in [1.54, 1.807) is 13.0 Å². The molecule has 0 bridgehead atoms. The lowest BCUT2D eigenvalue weighted by Crippen LogP contribution is -2.40. The number of likely N-dealkylation sites (tertiary alicyclic amines) is 1. The van der Waals surface area contributed by atoms with Crippen LogP contribution in [0.2, 0.25) is 5.02 Å². The van der Waals surface area contributed by atoms with Gasteiger partial charge in [-0.25, -0.2) is 4.39 Å². The molecule has 1 saturated carbocycles. The Labute approximate surface area is 227 Å². The van der Waals surface area contributed by atoms with Gasteiger partial charge in [-0.3, -0.25) is 4.79 Å². The van der Waals surface area contributed by atoms with Crippen molar-refractivity contribution < 1.29 is 18.4 Å². The summed E-state index contributed by atoms with van der Waals surface area (Å²) in [5.74, 6) is 1.84. The molecule has 2 heterocycles. The summed E-state index contributed by atoms with van der Waals surface area (Å²) in [5, 5.41) is 7.49. The van der Waals surface area contributed by atoms with E-state index in [-0.39, 0.29) is 23.9 Å². The van der Waals surface area contributed by atoms with Crippen LogP contribution in [-0.2, 0) is 0 Å². The number of amides is 1. The van der Waals surface area contributed by atoms with Gasteiger partial charge >= 0.3 is 0 Å². The summed E-state index contributed by atoms with van der Waals surface area (Å²) in [7, 11) is 0. The van der Waals surface area contributed by atoms with E-state index in [1.165, 1.54) is 18.6 Å². The molecule has 38 heavy (non-hydrogen) atoms. The number of hydrogen-bond acceptors (Lipinski definition) is 6. The van der Waals surface area contributed by atoms with Gasteiger partial charge in [0, 0.05) is 37.2 Å². The van der Waals surface area contributed by atoms with E-state index >= 15 is 0 Å². The average molecular weight is 541 g/mol. The molecular formula is C29H34ClFN4O3. The van der Waals surface area contributed by atoms with Gasteiger partial charge in [0.25, 0.3) is 5.91 Å². The van der Waals surface area contributed by atoms with Crippen molar-refractivity contribution in [2.24, 2.45) is 5.92 Å². The molecule has 1 aliphatic heterocycles. The number of piperidine rings is 1. The Bertz CT molecular complexity index is 1240. The first-order chi connectivity index (χ1) is 18.4. The van der Waals surface area contributed by atoms with E-state index in [9.17, 15) is 9.18 Å². The van der Waals surface area contributed by atoms with Crippen molar-refractivity contribution >= 4 is 17.5 Å². The standard InChI is InChI=1S/C29H34ClFN4O3/c1-19-32-28(34-38-19)21-3-2-4-22(17-21)29(36)33-24-8-5-20(6-9-24)11-14-35-15-12-25(13-16-35)37-27-10-7-23(31)18-26(27)30/h2-4,7,10,17-18,20,24-25H,5-6,8-9,11-16H2,1H3,(H,33,36)/t20-,24-. The van der Waals surface area contributed by atoms with Crippen LogP contribution in [0.4, 0.5) is 4.39 Å². The Kier molecular flexibility index (Phi) is 8.59. The third-order valence-electron chi connectivity index (χ3n) is 7.67. The molecule has 0 atom stereocenters. The molecule has 1 N–H and O–H groups in total. The van der Waals surface area contributed by atoms with Crippen LogP contribution in [0, 0.1) is 18.7 Å². The van der Waals surface area contributed by atoms with E-state index in [4.69, 9.17) is 20.9 Å². The lowest BCUT2D eigenvalue weighted by Gasteiger charge is -2.34. The predicted octanol–water partition coefficient (Wildman–Crippen LogP) is 6.06. The Hall–Kier alpha value is -2.97. The number of aryl methyl sites for hydroxylation is 1. The van der Waals surface area contributed by atoms with Gasteiger partial charge < -0.3 is 19.5 Å². The zero-order chi connectivity index (χ0) is 26.5. The number of aromatic nitrogens is 2. The molecule has 0 radical (unpaired) electrons. The number of ether oxygens (including phenoxy) is 1. The molecule has 9 heteroatoms. The zero-order valence-corrected chi connectivity index (χ0v) is 22.4. The Morgan fingerprint density at radius 3 is 2.63 bits per heavy atom. The first-order valence-corrected chi connectivity index (χ1v) is 13.9. The molecule has 3 aromatic rings. The maximum atomic E-state index is 13.3. The maximum absolute atomic E-state index is 13.3. The van der Waals surface area contributed by atoms with Crippen molar-refractivity contribution in [2.45, 2.75) is 64.0 Å². The van der Waals surface area contributed by atoms with Crippen LogP contribution < -0.4 is 10.1 Å². The summed E-state index contributed by atoms with van der Waals surface area (Å²) in [6.45, 7) is 4.83. The normalized spacial score (nSPS) is 20.8. The minimum absolute atomic E-state index is 0.0532. The van der Waals surface area contributed by atoms with Crippen LogP contribution in [0.25, 0.3) is 11.4 Å². The molecule has 2 aromatic carbocycles. The zero-order valence-electron chi connectivity index (χ0n) is 21.7. The smallest absolute Gasteiger partial charge is 0.251 e. The second-order valence-electron chi connectivity index (χ2n) is 10.4. The monoisotopic (exact) mass is 540 g/mol. The number of carbonyl (C=O) groups is 1. The Balaban J connectivity index is 1.01. The minimum Gasteiger partial charge on any atom is -0.489 e. The molecule has 1 aromatic heterocycles. The third kappa shape index (κ3) is 6.91. The van der Waals surface area contributed by atoms with Crippen molar-refractivity contribution in [1.82, 2.24) is 20.4 Å². The van der Waals surface area contributed by atoms with Crippen LogP contribution in [0.5, 0.6) is 5.75 Å². The first-order valence-electron chi connectivity index (χ1n) is 13.5. The lowest BCUT2D eigenvalue weighted by molar-refractivity contribution is 0.0897. The van der Waals surface area contributed by atoms with Crippen LogP contribution in [-0.4, -0.2) is 52.7 Å². The lowest BCUT2D eigenvalue weighted by atomic mass is 9.84. The van der Waals surface area contributed by atoms with Gasteiger partial charge in [0.2, 0.25) is 11.7 Å². The van der Waals surface area contributed by atoms with E-state index in [2.05, 4.69) is 20.4 Å². The fourth-order valence-corrected chi connectivity index (χ4v) is 5.66. The Morgan fingerprint density at radius 2 is 1.92 bits per heavy atom. The molecule has 5 rings (SSSR count). The van der Waals surface area contributed by atoms with Crippen molar-refractivity contribution in [3.05, 3.63) is 64.8 Å². The van der Waals surface area contributed by atoms with Crippen LogP contribution in [0.1, 0.15) is 61.2 Å². The van der Waals surface area contributed by atoms with Crippen LogP contribution in [0.3, 0.4) is 0 Å². The number of carbonyl (C=O) groups excluding carboxylic acids is 1. The highest BCUT2D eigenvalue weighted by molar-refractivity contribution is 6.32. The van der Waals surface area contributed by atoms with Crippen molar-refractivity contribution in [3.8, 4) is 17.1 Å². The van der Waals surface area contributed by atoms with Gasteiger partial charge in [0.05, 0.1) is 5.02 Å². The maximum Gasteiger partial charge on any atom is 0.251 e. The molecule has 1 amide bonds. The number of nitrogens with zero attached hydrogens (tertiary/aromatic N) is 3. The molecule has 202 valence electrons. The summed E-state index contributed by atoms with van der Waals surface area (Å²) in [5.41, 5.74) is 1.38. The van der Waals surface area contributed by atoms with E-state index in [0.717, 1.165) is 63.7 Å². The molecule has 0 unspecified atom stereocenters. The highest BCUT2D eigenvalue weighted by Gasteiger charge is 2.25. The van der Waals surface area contributed by atoms with Gasteiger partial charge in [-0.05, 0) is 87.7 Å². The van der Waals surface area contributed by atoms with Crippen molar-refractivity contribution in [1.29, 1.82) is 0 Å². The first kappa shape index (κ1) is 26.6. The summed E-state index contributed by atoms with van der Waals surface area (Å²) in [6, 6.07) is 11.9. The second kappa shape index (κ2) is 12.3. The second-order valence-corrected chi connectivity index (χ2v) is 10.8. The van der Waals surface area contributed by atoms with Gasteiger partial charge in [-0.2, -0.15) is 4.98 Å². The SMILES string of the molecule is Cc1nc(-c2cccc(C(=O)N[C@H]3CC[C@H](CCN4CCC(Oc5ccc(F)cc5Cl)CC4)CC3)c2)no1. The van der Waals surface area contributed by atoms with Crippen molar-refractivity contribution in [3.63, 3.8) is 0 Å². The summed E-state index contributed by atoms with van der Waals surface area (Å²) in [6.07, 6.45) is 7.47. The summed E-state index contributed by atoms with van der Waals surface area (Å²) >= 11 is 6.11. The summed E-state index contributed by atoms with van der Waals surface area (Å²) < 4.78 is 24.3. The van der Waals surface area contributed by atoms with Gasteiger partial charge in [-0.1, -0.05) is 28.9 Å². The van der Waals surface area contributed by atoms with Gasteiger partial charge in [0.1, 0.15) is 17.7 Å². The largest absolute Gasteiger partial charge is 0.489 e. The quantitative estimate of drug-likeness (QED) is 0.374. The highest BCUT2D eigenvalue weighted by Crippen LogP contribution is 2.30. The molecule has 1 saturated heterocycles. The minimum atomic E-state index is -0.352. The van der Waals surface area contributed by atoms with Crippen LogP contribution in [0.15, 0.2) is 47.0 Å².